The molecule has 2 aliphatic heterocycles. The van der Waals surface area contributed by atoms with E-state index in [9.17, 15) is 18.0 Å². The van der Waals surface area contributed by atoms with Gasteiger partial charge in [0.25, 0.3) is 5.91 Å². The molecule has 29 heavy (non-hydrogen) atoms. The third kappa shape index (κ3) is 4.08. The van der Waals surface area contributed by atoms with Crippen molar-refractivity contribution in [2.24, 2.45) is 0 Å². The summed E-state index contributed by atoms with van der Waals surface area (Å²) in [5, 5.41) is 4.14. The molecule has 1 spiro atoms. The second kappa shape index (κ2) is 7.89. The number of hydrogen-bond donors (Lipinski definition) is 2. The third-order valence-electron chi connectivity index (χ3n) is 6.11. The van der Waals surface area contributed by atoms with Gasteiger partial charge in [-0.3, -0.25) is 4.79 Å². The predicted octanol–water partition coefficient (Wildman–Crippen LogP) is 0.00970. The molecule has 8 nitrogen and oxygen atoms in total. The molecule has 0 bridgehead atoms. The maximum Gasteiger partial charge on any atom is 0.329 e. The van der Waals surface area contributed by atoms with Crippen LogP contribution < -0.4 is 10.2 Å². The van der Waals surface area contributed by atoms with Crippen LogP contribution in [0, 0.1) is 0 Å². The quantitative estimate of drug-likeness (QED) is 0.658. The van der Waals surface area contributed by atoms with E-state index < -0.39 is 15.6 Å². The van der Waals surface area contributed by atoms with E-state index in [-0.39, 0.29) is 11.9 Å². The molecule has 4 rings (SSSR count). The van der Waals surface area contributed by atoms with Crippen molar-refractivity contribution in [3.05, 3.63) is 41.3 Å². The van der Waals surface area contributed by atoms with Crippen molar-refractivity contribution in [1.29, 1.82) is 0 Å². The number of benzene rings is 1. The molecule has 9 heteroatoms. The monoisotopic (exact) mass is 419 g/mol. The highest BCUT2D eigenvalue weighted by atomic mass is 32.2. The first kappa shape index (κ1) is 20.1. The minimum atomic E-state index is -3.49. The molecule has 0 unspecified atom stereocenters. The minimum Gasteiger partial charge on any atom is -0.323 e. The van der Waals surface area contributed by atoms with Crippen LogP contribution in [-0.4, -0.2) is 67.9 Å². The van der Waals surface area contributed by atoms with Crippen molar-refractivity contribution in [2.75, 3.05) is 32.8 Å². The Balaban J connectivity index is 1.33. The highest BCUT2D eigenvalue weighted by Gasteiger charge is 2.53. The molecule has 1 aliphatic carbocycles. The zero-order valence-electron chi connectivity index (χ0n) is 16.3. The Morgan fingerprint density at radius 1 is 1.07 bits per heavy atom. The summed E-state index contributed by atoms with van der Waals surface area (Å²) in [6.07, 6.45) is 4.94. The zero-order valence-corrected chi connectivity index (χ0v) is 17.2. The third-order valence-corrected chi connectivity index (χ3v) is 7.67. The van der Waals surface area contributed by atoms with Gasteiger partial charge in [0.2, 0.25) is 10.0 Å². The van der Waals surface area contributed by atoms with Gasteiger partial charge in [-0.1, -0.05) is 43.2 Å². The van der Waals surface area contributed by atoms with Crippen molar-refractivity contribution in [2.45, 2.75) is 31.2 Å². The molecule has 3 fully saturated rings. The average molecular weight is 420 g/mol. The van der Waals surface area contributed by atoms with Crippen molar-refractivity contribution in [3.8, 4) is 0 Å². The summed E-state index contributed by atoms with van der Waals surface area (Å²) in [5.41, 5.74) is 0.143. The van der Waals surface area contributed by atoms with Gasteiger partial charge >= 0.3 is 6.03 Å². The molecule has 3 amide bonds. The molecular weight excluding hydrogens is 392 g/mol. The van der Waals surface area contributed by atoms with Crippen molar-refractivity contribution in [3.63, 3.8) is 0 Å². The summed E-state index contributed by atoms with van der Waals surface area (Å²) in [5.74, 6) is -0.117. The van der Waals surface area contributed by atoms with Gasteiger partial charge in [-0.25, -0.2) is 18.1 Å². The second-order valence-corrected chi connectivity index (χ2v) is 9.84. The smallest absolute Gasteiger partial charge is 0.323 e. The van der Waals surface area contributed by atoms with Gasteiger partial charge in [0.05, 0.1) is 26.2 Å². The Morgan fingerprint density at radius 2 is 1.72 bits per heavy atom. The maximum atomic E-state index is 12.8. The maximum absolute atomic E-state index is 12.8. The first-order chi connectivity index (χ1) is 13.9. The summed E-state index contributed by atoms with van der Waals surface area (Å²) in [7, 11) is -3.49. The fourth-order valence-corrected chi connectivity index (χ4v) is 5.58. The first-order valence-corrected chi connectivity index (χ1v) is 11.6. The molecule has 156 valence electrons. The standard InChI is InChI=1S/C20H26N4O4S/c25-18-20(9-4-5-10-20)21-19(26)24(18)16-22-11-13-23(14-12-22)29(27,28)15-8-17-6-2-1-3-7-17/h1-3,6-8,15H,4-5,9-14,16H2,(H,21,26)/p+1/b15-8+. The number of urea groups is 1. The normalized spacial score (nSPS) is 23.4. The van der Waals surface area contributed by atoms with Gasteiger partial charge in [0, 0.05) is 5.41 Å². The SMILES string of the molecule is O=C1NC2(CCCC2)C(=O)N1C[NH+]1CCN(S(=O)(=O)/C=C/c2ccccc2)CC1. The van der Waals surface area contributed by atoms with E-state index in [0.29, 0.717) is 45.7 Å². The molecule has 1 aromatic carbocycles. The number of hydrogen-bond acceptors (Lipinski definition) is 4. The predicted molar refractivity (Wildman–Crippen MR) is 108 cm³/mol. The van der Waals surface area contributed by atoms with Crippen LogP contribution in [0.4, 0.5) is 4.79 Å². The molecule has 3 aliphatic rings. The molecule has 0 aromatic heterocycles. The Kier molecular flexibility index (Phi) is 5.46. The fourth-order valence-electron chi connectivity index (χ4n) is 4.39. The van der Waals surface area contributed by atoms with E-state index in [1.807, 2.05) is 30.3 Å². The van der Waals surface area contributed by atoms with E-state index in [2.05, 4.69) is 5.32 Å². The lowest BCUT2D eigenvalue weighted by atomic mass is 9.98. The largest absolute Gasteiger partial charge is 0.329 e. The Bertz CT molecular complexity index is 902. The number of piperazine rings is 1. The summed E-state index contributed by atoms with van der Waals surface area (Å²) in [4.78, 5) is 27.5. The van der Waals surface area contributed by atoms with Crippen molar-refractivity contribution in [1.82, 2.24) is 14.5 Å². The van der Waals surface area contributed by atoms with Crippen LogP contribution in [0.15, 0.2) is 35.7 Å². The lowest BCUT2D eigenvalue weighted by Crippen LogP contribution is -3.16. The van der Waals surface area contributed by atoms with Crippen LogP contribution in [-0.2, 0) is 14.8 Å². The van der Waals surface area contributed by atoms with Crippen LogP contribution in [0.25, 0.3) is 6.08 Å². The van der Waals surface area contributed by atoms with Crippen molar-refractivity contribution >= 4 is 28.0 Å². The molecule has 2 heterocycles. The number of quaternary nitrogens is 1. The van der Waals surface area contributed by atoms with E-state index in [1.165, 1.54) is 14.6 Å². The minimum absolute atomic E-state index is 0.117. The highest BCUT2D eigenvalue weighted by Crippen LogP contribution is 2.34. The van der Waals surface area contributed by atoms with Gasteiger partial charge in [-0.2, -0.15) is 4.31 Å². The van der Waals surface area contributed by atoms with E-state index in [0.717, 1.165) is 23.3 Å². The van der Waals surface area contributed by atoms with Crippen LogP contribution >= 0.6 is 0 Å². The van der Waals surface area contributed by atoms with Gasteiger partial charge in [0.1, 0.15) is 5.54 Å². The molecule has 2 saturated heterocycles. The molecule has 0 atom stereocenters. The number of imide groups is 1. The number of carbonyl (C=O) groups excluding carboxylic acids is 2. The second-order valence-electron chi connectivity index (χ2n) is 8.02. The Morgan fingerprint density at radius 3 is 2.38 bits per heavy atom. The van der Waals surface area contributed by atoms with E-state index >= 15 is 0 Å². The molecule has 0 radical (unpaired) electrons. The fraction of sp³-hybridized carbons (Fsp3) is 0.500. The summed E-state index contributed by atoms with van der Waals surface area (Å²) >= 11 is 0. The number of nitrogens with zero attached hydrogens (tertiary/aromatic N) is 2. The van der Waals surface area contributed by atoms with E-state index in [1.54, 1.807) is 6.08 Å². The van der Waals surface area contributed by atoms with Crippen LogP contribution in [0.1, 0.15) is 31.2 Å². The lowest BCUT2D eigenvalue weighted by molar-refractivity contribution is -0.910. The highest BCUT2D eigenvalue weighted by molar-refractivity contribution is 7.92. The molecular formula is C20H27N4O4S+. The van der Waals surface area contributed by atoms with Crippen LogP contribution in [0.3, 0.4) is 0 Å². The molecule has 1 saturated carbocycles. The van der Waals surface area contributed by atoms with Crippen molar-refractivity contribution < 1.29 is 22.9 Å². The number of carbonyl (C=O) groups is 2. The number of nitrogens with one attached hydrogen (secondary N) is 2. The van der Waals surface area contributed by atoms with Gasteiger partial charge in [0.15, 0.2) is 6.67 Å². The van der Waals surface area contributed by atoms with Crippen LogP contribution in [0.2, 0.25) is 0 Å². The summed E-state index contributed by atoms with van der Waals surface area (Å²) in [6.45, 7) is 2.14. The molecule has 2 N–H and O–H groups in total. The van der Waals surface area contributed by atoms with Gasteiger partial charge in [-0.15, -0.1) is 0 Å². The van der Waals surface area contributed by atoms with Gasteiger partial charge in [-0.05, 0) is 24.5 Å². The van der Waals surface area contributed by atoms with Gasteiger partial charge < -0.3 is 10.2 Å². The number of amides is 3. The topological polar surface area (TPSA) is 91.2 Å². The van der Waals surface area contributed by atoms with Crippen LogP contribution in [0.5, 0.6) is 0 Å². The number of sulfonamides is 1. The lowest BCUT2D eigenvalue weighted by Gasteiger charge is -2.32. The Labute approximate surface area is 171 Å². The first-order valence-electron chi connectivity index (χ1n) is 10.1. The Hall–Kier alpha value is -2.23. The summed E-state index contributed by atoms with van der Waals surface area (Å²) in [6, 6.07) is 8.99. The summed E-state index contributed by atoms with van der Waals surface area (Å²) < 4.78 is 26.6. The van der Waals surface area contributed by atoms with E-state index in [4.69, 9.17) is 0 Å². The average Bonchev–Trinajstić information content (AvgIpc) is 3.28. The zero-order chi connectivity index (χ0) is 20.5. The molecule has 1 aromatic rings. The number of rotatable bonds is 5.